The highest BCUT2D eigenvalue weighted by atomic mass is 16.5. The summed E-state index contributed by atoms with van der Waals surface area (Å²) >= 11 is 0. The smallest absolute Gasteiger partial charge is 0.119 e. The van der Waals surface area contributed by atoms with E-state index < -0.39 is 0 Å². The molecule has 4 heteroatoms. The normalized spacial score (nSPS) is 10.6. The van der Waals surface area contributed by atoms with Crippen LogP contribution in [0.2, 0.25) is 0 Å². The van der Waals surface area contributed by atoms with Crippen LogP contribution in [-0.2, 0) is 0 Å². The zero-order chi connectivity index (χ0) is 26.5. The molecule has 0 fully saturated rings. The van der Waals surface area contributed by atoms with E-state index in [-0.39, 0.29) is 0 Å². The van der Waals surface area contributed by atoms with Crippen molar-refractivity contribution in [2.24, 2.45) is 0 Å². The van der Waals surface area contributed by atoms with Crippen LogP contribution >= 0.6 is 0 Å². The van der Waals surface area contributed by atoms with Gasteiger partial charge >= 0.3 is 0 Å². The van der Waals surface area contributed by atoms with Crippen molar-refractivity contribution in [3.63, 3.8) is 0 Å². The third kappa shape index (κ3) is 5.65. The van der Waals surface area contributed by atoms with E-state index in [1.807, 2.05) is 36.4 Å². The lowest BCUT2D eigenvalue weighted by Crippen LogP contribution is -1.94. The number of hydrogen-bond acceptors (Lipinski definition) is 4. The fourth-order valence-electron chi connectivity index (χ4n) is 4.46. The van der Waals surface area contributed by atoms with Crippen LogP contribution in [0.5, 0.6) is 11.5 Å². The lowest BCUT2D eigenvalue weighted by atomic mass is 10.00. The van der Waals surface area contributed by atoms with Gasteiger partial charge in [-0.2, -0.15) is 0 Å². The van der Waals surface area contributed by atoms with E-state index in [2.05, 4.69) is 97.3 Å². The number of aryl methyl sites for hydroxylation is 2. The van der Waals surface area contributed by atoms with Crippen molar-refractivity contribution in [1.82, 2.24) is 0 Å². The second-order valence-electron chi connectivity index (χ2n) is 9.34. The van der Waals surface area contributed by atoms with E-state index in [4.69, 9.17) is 9.47 Å². The molecule has 0 aliphatic carbocycles. The molecule has 0 amide bonds. The number of methoxy groups -OCH3 is 2. The molecule has 0 aliphatic heterocycles. The Hall–Kier alpha value is -4.70. The first-order chi connectivity index (χ1) is 18.5. The first-order valence-corrected chi connectivity index (χ1v) is 12.7. The Balaban J connectivity index is 1.24. The predicted octanol–water partition coefficient (Wildman–Crippen LogP) is 9.14. The average molecular weight is 501 g/mol. The molecule has 4 nitrogen and oxygen atoms in total. The molecule has 5 aromatic rings. The van der Waals surface area contributed by atoms with Crippen molar-refractivity contribution in [1.29, 1.82) is 0 Å². The quantitative estimate of drug-likeness (QED) is 0.223. The highest BCUT2D eigenvalue weighted by Crippen LogP contribution is 2.30. The molecule has 0 aliphatic rings. The molecule has 5 rings (SSSR count). The van der Waals surface area contributed by atoms with Crippen LogP contribution < -0.4 is 20.1 Å². The number of nitrogens with one attached hydrogen (secondary N) is 2. The van der Waals surface area contributed by atoms with Gasteiger partial charge in [0.15, 0.2) is 0 Å². The number of ether oxygens (including phenoxy) is 2. The Morgan fingerprint density at radius 2 is 0.737 bits per heavy atom. The van der Waals surface area contributed by atoms with Gasteiger partial charge in [-0.15, -0.1) is 0 Å². The Morgan fingerprint density at radius 3 is 1.03 bits per heavy atom. The van der Waals surface area contributed by atoms with Gasteiger partial charge in [0.1, 0.15) is 11.5 Å². The molecule has 38 heavy (non-hydrogen) atoms. The third-order valence-corrected chi connectivity index (χ3v) is 6.75. The SMILES string of the molecule is COc1ccc(Nc2ccc(-c3ccc(-c4ccc(Nc5ccc(OC)cc5C)cc4)cc3)cc2)c(C)c1. The second kappa shape index (κ2) is 11.1. The van der Waals surface area contributed by atoms with E-state index in [9.17, 15) is 0 Å². The highest BCUT2D eigenvalue weighted by Gasteiger charge is 2.05. The summed E-state index contributed by atoms with van der Waals surface area (Å²) < 4.78 is 10.6. The largest absolute Gasteiger partial charge is 0.497 e. The van der Waals surface area contributed by atoms with Crippen molar-refractivity contribution >= 4 is 22.7 Å². The lowest BCUT2D eigenvalue weighted by Gasteiger charge is -2.12. The molecule has 5 aromatic carbocycles. The molecule has 0 radical (unpaired) electrons. The van der Waals surface area contributed by atoms with Gasteiger partial charge in [-0.3, -0.25) is 0 Å². The van der Waals surface area contributed by atoms with E-state index in [0.29, 0.717) is 0 Å². The van der Waals surface area contributed by atoms with Gasteiger partial charge in [0.2, 0.25) is 0 Å². The van der Waals surface area contributed by atoms with Crippen LogP contribution in [0.15, 0.2) is 109 Å². The van der Waals surface area contributed by atoms with Crippen LogP contribution in [0.25, 0.3) is 22.3 Å². The zero-order valence-corrected chi connectivity index (χ0v) is 22.2. The van der Waals surface area contributed by atoms with Gasteiger partial charge in [0.25, 0.3) is 0 Å². The summed E-state index contributed by atoms with van der Waals surface area (Å²) in [5.74, 6) is 1.73. The molecule has 0 heterocycles. The molecule has 0 saturated carbocycles. The van der Waals surface area contributed by atoms with Gasteiger partial charge in [-0.05, 0) is 108 Å². The van der Waals surface area contributed by atoms with Crippen molar-refractivity contribution < 1.29 is 9.47 Å². The maximum Gasteiger partial charge on any atom is 0.119 e. The molecular weight excluding hydrogens is 468 g/mol. The van der Waals surface area contributed by atoms with Crippen LogP contribution in [0.4, 0.5) is 22.7 Å². The minimum Gasteiger partial charge on any atom is -0.497 e. The van der Waals surface area contributed by atoms with Gasteiger partial charge < -0.3 is 20.1 Å². The average Bonchev–Trinajstić information content (AvgIpc) is 2.96. The van der Waals surface area contributed by atoms with E-state index in [1.165, 1.54) is 22.3 Å². The molecule has 0 saturated heterocycles. The minimum atomic E-state index is 0.864. The van der Waals surface area contributed by atoms with Crippen molar-refractivity contribution in [2.45, 2.75) is 13.8 Å². The van der Waals surface area contributed by atoms with Crippen molar-refractivity contribution in [3.05, 3.63) is 120 Å². The molecule has 2 N–H and O–H groups in total. The Morgan fingerprint density at radius 1 is 0.421 bits per heavy atom. The number of benzene rings is 5. The van der Waals surface area contributed by atoms with Gasteiger partial charge in [-0.1, -0.05) is 48.5 Å². The standard InChI is InChI=1S/C34H32N2O2/c1-23-21-31(37-3)17-19-33(23)35-29-13-9-27(10-14-29)25-5-7-26(8-6-25)28-11-15-30(16-12-28)36-34-20-18-32(38-4)22-24(34)2/h5-22,35-36H,1-4H3. The molecular formula is C34H32N2O2. The maximum absolute atomic E-state index is 5.30. The van der Waals surface area contributed by atoms with Gasteiger partial charge in [0.05, 0.1) is 14.2 Å². The van der Waals surface area contributed by atoms with Crippen LogP contribution in [0, 0.1) is 13.8 Å². The summed E-state index contributed by atoms with van der Waals surface area (Å²) in [5, 5.41) is 6.99. The number of rotatable bonds is 8. The monoisotopic (exact) mass is 500 g/mol. The van der Waals surface area contributed by atoms with Crippen LogP contribution in [0.3, 0.4) is 0 Å². The molecule has 190 valence electrons. The summed E-state index contributed by atoms with van der Waals surface area (Å²) in [6, 6.07) is 37.9. The Labute approximate surface area is 224 Å². The summed E-state index contributed by atoms with van der Waals surface area (Å²) in [7, 11) is 3.37. The second-order valence-corrected chi connectivity index (χ2v) is 9.34. The summed E-state index contributed by atoms with van der Waals surface area (Å²) in [6.07, 6.45) is 0. The molecule has 0 unspecified atom stereocenters. The summed E-state index contributed by atoms with van der Waals surface area (Å²) in [5.41, 5.74) is 11.3. The summed E-state index contributed by atoms with van der Waals surface area (Å²) in [4.78, 5) is 0. The molecule has 0 atom stereocenters. The number of anilines is 4. The number of hydrogen-bond donors (Lipinski definition) is 2. The van der Waals surface area contributed by atoms with Crippen LogP contribution in [-0.4, -0.2) is 14.2 Å². The molecule has 0 bridgehead atoms. The maximum atomic E-state index is 5.30. The minimum absolute atomic E-state index is 0.864. The predicted molar refractivity (Wildman–Crippen MR) is 159 cm³/mol. The van der Waals surface area contributed by atoms with Gasteiger partial charge in [0, 0.05) is 22.7 Å². The molecule has 0 spiro atoms. The fourth-order valence-corrected chi connectivity index (χ4v) is 4.46. The first kappa shape index (κ1) is 25.0. The highest BCUT2D eigenvalue weighted by molar-refractivity contribution is 5.74. The molecule has 0 aromatic heterocycles. The Bertz CT molecular complexity index is 1410. The fraction of sp³-hybridized carbons (Fsp3) is 0.118. The van der Waals surface area contributed by atoms with E-state index in [0.717, 1.165) is 45.4 Å². The zero-order valence-electron chi connectivity index (χ0n) is 22.2. The van der Waals surface area contributed by atoms with Crippen molar-refractivity contribution in [3.8, 4) is 33.8 Å². The van der Waals surface area contributed by atoms with Crippen molar-refractivity contribution in [2.75, 3.05) is 24.9 Å². The van der Waals surface area contributed by atoms with E-state index in [1.54, 1.807) is 14.2 Å². The lowest BCUT2D eigenvalue weighted by molar-refractivity contribution is 0.414. The topological polar surface area (TPSA) is 42.5 Å². The van der Waals surface area contributed by atoms with E-state index >= 15 is 0 Å². The first-order valence-electron chi connectivity index (χ1n) is 12.7. The van der Waals surface area contributed by atoms with Gasteiger partial charge in [-0.25, -0.2) is 0 Å². The summed E-state index contributed by atoms with van der Waals surface area (Å²) in [6.45, 7) is 4.15. The third-order valence-electron chi connectivity index (χ3n) is 6.75. The Kier molecular flexibility index (Phi) is 7.32. The van der Waals surface area contributed by atoms with Crippen LogP contribution in [0.1, 0.15) is 11.1 Å².